The van der Waals surface area contributed by atoms with E-state index < -0.39 is 11.7 Å². The van der Waals surface area contributed by atoms with E-state index in [9.17, 15) is 9.18 Å². The Morgan fingerprint density at radius 2 is 2.24 bits per heavy atom. The second-order valence-electron chi connectivity index (χ2n) is 5.13. The second kappa shape index (κ2) is 9.28. The standard InChI is InChI=1S/C15H24FN3O2/c1-4-17-14-13(16)12(6-8-18-14)15(20)19-7-5-9-21-10-11(2)3/h6,8,11H,4-5,7,9-10H2,1-3H3,(H,17,18)(H,19,20). The molecule has 0 fully saturated rings. The lowest BCUT2D eigenvalue weighted by Gasteiger charge is -2.10. The van der Waals surface area contributed by atoms with Crippen LogP contribution in [0.15, 0.2) is 12.3 Å². The van der Waals surface area contributed by atoms with Crippen LogP contribution in [0.25, 0.3) is 0 Å². The van der Waals surface area contributed by atoms with Gasteiger partial charge in [-0.25, -0.2) is 9.37 Å². The molecule has 6 heteroatoms. The zero-order valence-electron chi connectivity index (χ0n) is 12.9. The number of anilines is 1. The highest BCUT2D eigenvalue weighted by atomic mass is 19.1. The number of carbonyl (C=O) groups is 1. The van der Waals surface area contributed by atoms with Crippen molar-refractivity contribution in [1.82, 2.24) is 10.3 Å². The van der Waals surface area contributed by atoms with Gasteiger partial charge in [0, 0.05) is 32.5 Å². The fourth-order valence-corrected chi connectivity index (χ4v) is 1.70. The Morgan fingerprint density at radius 1 is 1.48 bits per heavy atom. The molecule has 0 saturated carbocycles. The lowest BCUT2D eigenvalue weighted by Crippen LogP contribution is -2.26. The number of pyridine rings is 1. The van der Waals surface area contributed by atoms with Gasteiger partial charge >= 0.3 is 0 Å². The van der Waals surface area contributed by atoms with Crippen molar-refractivity contribution in [2.45, 2.75) is 27.2 Å². The summed E-state index contributed by atoms with van der Waals surface area (Å²) in [6.45, 7) is 8.28. The Balaban J connectivity index is 2.40. The lowest BCUT2D eigenvalue weighted by molar-refractivity contribution is 0.0921. The largest absolute Gasteiger partial charge is 0.381 e. The maximum absolute atomic E-state index is 14.0. The number of hydrogen-bond acceptors (Lipinski definition) is 4. The predicted molar refractivity (Wildman–Crippen MR) is 81.0 cm³/mol. The number of rotatable bonds is 9. The molecule has 1 rings (SSSR count). The fraction of sp³-hybridized carbons (Fsp3) is 0.600. The minimum atomic E-state index is -0.618. The maximum Gasteiger partial charge on any atom is 0.254 e. The molecular weight excluding hydrogens is 273 g/mol. The molecule has 1 amide bonds. The lowest BCUT2D eigenvalue weighted by atomic mass is 10.2. The van der Waals surface area contributed by atoms with Gasteiger partial charge in [-0.2, -0.15) is 0 Å². The molecule has 5 nitrogen and oxygen atoms in total. The Kier molecular flexibility index (Phi) is 7.68. The molecule has 2 N–H and O–H groups in total. The number of amides is 1. The normalized spacial score (nSPS) is 10.7. The van der Waals surface area contributed by atoms with Gasteiger partial charge in [-0.1, -0.05) is 13.8 Å². The molecular formula is C15H24FN3O2. The number of hydrogen-bond donors (Lipinski definition) is 2. The van der Waals surface area contributed by atoms with Gasteiger partial charge in [0.15, 0.2) is 11.6 Å². The predicted octanol–water partition coefficient (Wildman–Crippen LogP) is 2.45. The van der Waals surface area contributed by atoms with Gasteiger partial charge in [0.1, 0.15) is 0 Å². The molecule has 1 aromatic heterocycles. The zero-order valence-corrected chi connectivity index (χ0v) is 12.9. The molecule has 1 aromatic rings. The number of nitrogens with zero attached hydrogens (tertiary/aromatic N) is 1. The van der Waals surface area contributed by atoms with Crippen molar-refractivity contribution in [3.63, 3.8) is 0 Å². The molecule has 0 atom stereocenters. The van der Waals surface area contributed by atoms with Gasteiger partial charge < -0.3 is 15.4 Å². The van der Waals surface area contributed by atoms with Gasteiger partial charge in [0.2, 0.25) is 0 Å². The molecule has 0 bridgehead atoms. The molecule has 0 unspecified atom stereocenters. The van der Waals surface area contributed by atoms with E-state index in [2.05, 4.69) is 29.5 Å². The van der Waals surface area contributed by atoms with Crippen molar-refractivity contribution in [2.75, 3.05) is 31.6 Å². The summed E-state index contributed by atoms with van der Waals surface area (Å²) < 4.78 is 19.4. The van der Waals surface area contributed by atoms with Gasteiger partial charge in [-0.3, -0.25) is 4.79 Å². The monoisotopic (exact) mass is 297 g/mol. The van der Waals surface area contributed by atoms with Crippen LogP contribution in [-0.4, -0.2) is 37.2 Å². The molecule has 0 spiro atoms. The number of aromatic nitrogens is 1. The molecule has 0 aromatic carbocycles. The van der Waals surface area contributed by atoms with Crippen LogP contribution in [0.4, 0.5) is 10.2 Å². The zero-order chi connectivity index (χ0) is 15.7. The van der Waals surface area contributed by atoms with Crippen molar-refractivity contribution < 1.29 is 13.9 Å². The van der Waals surface area contributed by atoms with Crippen LogP contribution < -0.4 is 10.6 Å². The fourth-order valence-electron chi connectivity index (χ4n) is 1.70. The first kappa shape index (κ1) is 17.4. The summed E-state index contributed by atoms with van der Waals surface area (Å²) in [7, 11) is 0. The molecule has 0 radical (unpaired) electrons. The smallest absolute Gasteiger partial charge is 0.254 e. The highest BCUT2D eigenvalue weighted by molar-refractivity contribution is 5.95. The summed E-state index contributed by atoms with van der Waals surface area (Å²) in [5.41, 5.74) is 0.00375. The summed E-state index contributed by atoms with van der Waals surface area (Å²) in [5, 5.41) is 5.46. The van der Waals surface area contributed by atoms with Gasteiger partial charge in [0.25, 0.3) is 5.91 Å². The summed E-state index contributed by atoms with van der Waals surface area (Å²) in [6, 6.07) is 1.38. The van der Waals surface area contributed by atoms with E-state index in [4.69, 9.17) is 4.74 Å². The van der Waals surface area contributed by atoms with E-state index in [-0.39, 0.29) is 11.4 Å². The summed E-state index contributed by atoms with van der Waals surface area (Å²) in [4.78, 5) is 15.8. The van der Waals surface area contributed by atoms with Gasteiger partial charge in [-0.05, 0) is 25.3 Å². The van der Waals surface area contributed by atoms with Crippen LogP contribution in [0.1, 0.15) is 37.6 Å². The first-order chi connectivity index (χ1) is 10.1. The number of nitrogens with one attached hydrogen (secondary N) is 2. The third-order valence-electron chi connectivity index (χ3n) is 2.68. The van der Waals surface area contributed by atoms with E-state index in [1.807, 2.05) is 6.92 Å². The van der Waals surface area contributed by atoms with Crippen molar-refractivity contribution in [3.05, 3.63) is 23.6 Å². The van der Waals surface area contributed by atoms with Gasteiger partial charge in [-0.15, -0.1) is 0 Å². The van der Waals surface area contributed by atoms with Crippen LogP contribution in [0, 0.1) is 11.7 Å². The van der Waals surface area contributed by atoms with Crippen molar-refractivity contribution >= 4 is 11.7 Å². The summed E-state index contributed by atoms with van der Waals surface area (Å²) >= 11 is 0. The Morgan fingerprint density at radius 3 is 2.90 bits per heavy atom. The number of halogens is 1. The molecule has 0 aliphatic carbocycles. The maximum atomic E-state index is 14.0. The average Bonchev–Trinajstić information content (AvgIpc) is 2.44. The third-order valence-corrected chi connectivity index (χ3v) is 2.68. The Hall–Kier alpha value is -1.69. The van der Waals surface area contributed by atoms with Crippen LogP contribution in [-0.2, 0) is 4.74 Å². The molecule has 118 valence electrons. The van der Waals surface area contributed by atoms with E-state index in [0.717, 1.165) is 0 Å². The number of ether oxygens (including phenoxy) is 1. The van der Waals surface area contributed by atoms with E-state index in [0.29, 0.717) is 38.6 Å². The van der Waals surface area contributed by atoms with Crippen LogP contribution in [0.2, 0.25) is 0 Å². The van der Waals surface area contributed by atoms with Crippen LogP contribution in [0.3, 0.4) is 0 Å². The van der Waals surface area contributed by atoms with E-state index in [1.165, 1.54) is 12.3 Å². The molecule has 21 heavy (non-hydrogen) atoms. The van der Waals surface area contributed by atoms with Crippen molar-refractivity contribution in [3.8, 4) is 0 Å². The minimum absolute atomic E-state index is 0.00375. The number of carbonyl (C=O) groups excluding carboxylic acids is 1. The molecule has 1 heterocycles. The first-order valence-electron chi connectivity index (χ1n) is 7.30. The van der Waals surface area contributed by atoms with Crippen LogP contribution >= 0.6 is 0 Å². The Bertz CT molecular complexity index is 453. The van der Waals surface area contributed by atoms with Gasteiger partial charge in [0.05, 0.1) is 5.56 Å². The van der Waals surface area contributed by atoms with Crippen molar-refractivity contribution in [1.29, 1.82) is 0 Å². The summed E-state index contributed by atoms with van der Waals surface area (Å²) in [5.74, 6) is -0.453. The second-order valence-corrected chi connectivity index (χ2v) is 5.13. The van der Waals surface area contributed by atoms with E-state index >= 15 is 0 Å². The average molecular weight is 297 g/mol. The molecule has 0 saturated heterocycles. The van der Waals surface area contributed by atoms with Crippen LogP contribution in [0.5, 0.6) is 0 Å². The first-order valence-corrected chi connectivity index (χ1v) is 7.30. The molecule has 0 aliphatic rings. The highest BCUT2D eigenvalue weighted by Gasteiger charge is 2.15. The summed E-state index contributed by atoms with van der Waals surface area (Å²) in [6.07, 6.45) is 2.12. The van der Waals surface area contributed by atoms with E-state index in [1.54, 1.807) is 0 Å². The quantitative estimate of drug-likeness (QED) is 0.687. The minimum Gasteiger partial charge on any atom is -0.381 e. The molecule has 0 aliphatic heterocycles. The Labute approximate surface area is 125 Å². The third kappa shape index (κ3) is 6.08. The topological polar surface area (TPSA) is 63.2 Å². The highest BCUT2D eigenvalue weighted by Crippen LogP contribution is 2.14. The van der Waals surface area contributed by atoms with Crippen molar-refractivity contribution in [2.24, 2.45) is 5.92 Å². The SMILES string of the molecule is CCNc1nccc(C(=O)NCCCOCC(C)C)c1F.